The number of aromatic nitrogens is 2. The lowest BCUT2D eigenvalue weighted by atomic mass is 9.82. The van der Waals surface area contributed by atoms with Crippen molar-refractivity contribution in [2.45, 2.75) is 89.7 Å². The fourth-order valence-corrected chi connectivity index (χ4v) is 7.22. The van der Waals surface area contributed by atoms with Crippen LogP contribution in [-0.2, 0) is 9.22 Å². The van der Waals surface area contributed by atoms with Crippen LogP contribution in [0.3, 0.4) is 0 Å². The Hall–Kier alpha value is -3.16. The fraction of sp³-hybridized carbons (Fsp3) is 0.455. The Balaban J connectivity index is 1.43. The molecule has 40 heavy (non-hydrogen) atoms. The van der Waals surface area contributed by atoms with E-state index in [1.807, 2.05) is 48.0 Å². The summed E-state index contributed by atoms with van der Waals surface area (Å²) in [6, 6.07) is 16.8. The zero-order valence-electron chi connectivity index (χ0n) is 25.0. The molecule has 0 N–H and O–H groups in total. The number of nitrogens with zero attached hydrogens (tertiary/aromatic N) is 3. The van der Waals surface area contributed by atoms with Gasteiger partial charge in [-0.15, -0.1) is 0 Å². The molecule has 0 saturated carbocycles. The molecule has 1 aromatic heterocycles. The Morgan fingerprint density at radius 1 is 1.07 bits per heavy atom. The molecule has 2 aromatic carbocycles. The lowest BCUT2D eigenvalue weighted by Crippen LogP contribution is -2.55. The maximum absolute atomic E-state index is 14.1. The van der Waals surface area contributed by atoms with Gasteiger partial charge in [-0.2, -0.15) is 0 Å². The molecular weight excluding hydrogens is 514 g/mol. The Morgan fingerprint density at radius 2 is 1.82 bits per heavy atom. The van der Waals surface area contributed by atoms with E-state index in [0.717, 1.165) is 54.0 Å². The quantitative estimate of drug-likeness (QED) is 0.233. The summed E-state index contributed by atoms with van der Waals surface area (Å²) in [5, 5.41) is 0.151. The smallest absolute Gasteiger partial charge is 0.250 e. The largest absolute Gasteiger partial charge is 0.495 e. The van der Waals surface area contributed by atoms with Crippen LogP contribution in [-0.4, -0.2) is 47.9 Å². The Morgan fingerprint density at radius 3 is 2.48 bits per heavy atom. The summed E-state index contributed by atoms with van der Waals surface area (Å²) >= 11 is 0. The lowest BCUT2D eigenvalue weighted by molar-refractivity contribution is -0.139. The summed E-state index contributed by atoms with van der Waals surface area (Å²) in [4.78, 5) is 20.6. The van der Waals surface area contributed by atoms with Gasteiger partial charge in [0, 0.05) is 23.9 Å². The third-order valence-corrected chi connectivity index (χ3v) is 13.5. The number of carbonyl (C=O) groups excluding carboxylic acids is 1. The molecule has 1 amide bonds. The van der Waals surface area contributed by atoms with Crippen molar-refractivity contribution in [2.24, 2.45) is 0 Å². The monoisotopic (exact) mass is 557 g/mol. The summed E-state index contributed by atoms with van der Waals surface area (Å²) < 4.78 is 14.6. The molecule has 2 fully saturated rings. The van der Waals surface area contributed by atoms with E-state index in [1.54, 1.807) is 13.4 Å². The van der Waals surface area contributed by atoms with Crippen molar-refractivity contribution >= 4 is 20.3 Å². The average Bonchev–Trinajstić information content (AvgIpc) is 3.35. The number of piperidine rings is 2. The number of hydrogen-bond donors (Lipinski definition) is 0. The second kappa shape index (κ2) is 11.0. The van der Waals surface area contributed by atoms with Crippen LogP contribution in [0.15, 0.2) is 66.6 Å². The molecule has 2 unspecified atom stereocenters. The summed E-state index contributed by atoms with van der Waals surface area (Å²) in [5.74, 6) is 0.891. The third kappa shape index (κ3) is 5.67. The number of hydrogen-bond acceptors (Lipinski definition) is 4. The van der Waals surface area contributed by atoms with E-state index in [-0.39, 0.29) is 29.1 Å². The highest BCUT2D eigenvalue weighted by atomic mass is 28.4. The van der Waals surface area contributed by atoms with Gasteiger partial charge in [-0.25, -0.2) is 4.98 Å². The standard InChI is InChI=1S/C33H43N3O3Si/c1-23-21-35(22-34-23)29-16-13-24(18-31(29)38-5)17-26-14-15-27-19-28(39-40(6,7)33(2,3)4)20-30(36(27)32(26)37)25-11-9-8-10-12-25/h8-13,16-18,21-22,27-28,30H,14-15,19-20H2,1-7H3/b26-17-/t27-,28?,30?/m1/s1. The molecule has 7 heteroatoms. The first kappa shape index (κ1) is 28.4. The van der Waals surface area contributed by atoms with Crippen LogP contribution in [0.5, 0.6) is 5.75 Å². The van der Waals surface area contributed by atoms with Crippen molar-refractivity contribution in [3.8, 4) is 11.4 Å². The highest BCUT2D eigenvalue weighted by molar-refractivity contribution is 6.74. The number of imidazole rings is 1. The van der Waals surface area contributed by atoms with E-state index in [2.05, 4.69) is 68.0 Å². The maximum atomic E-state index is 14.1. The highest BCUT2D eigenvalue weighted by Gasteiger charge is 2.46. The summed E-state index contributed by atoms with van der Waals surface area (Å²) in [6.07, 6.45) is 9.42. The van der Waals surface area contributed by atoms with Crippen LogP contribution in [0, 0.1) is 6.92 Å². The normalized spacial score (nSPS) is 22.9. The van der Waals surface area contributed by atoms with Gasteiger partial charge in [0.15, 0.2) is 8.32 Å². The van der Waals surface area contributed by atoms with Crippen molar-refractivity contribution in [3.05, 3.63) is 83.4 Å². The molecule has 0 spiro atoms. The number of methoxy groups -OCH3 is 1. The number of ether oxygens (including phenoxy) is 1. The van der Waals surface area contributed by atoms with Crippen molar-refractivity contribution in [2.75, 3.05) is 7.11 Å². The van der Waals surface area contributed by atoms with E-state index >= 15 is 0 Å². The zero-order chi connectivity index (χ0) is 28.7. The topological polar surface area (TPSA) is 56.6 Å². The van der Waals surface area contributed by atoms with Gasteiger partial charge in [-0.3, -0.25) is 4.79 Å². The van der Waals surface area contributed by atoms with Gasteiger partial charge in [0.1, 0.15) is 5.75 Å². The number of rotatable bonds is 6. The van der Waals surface area contributed by atoms with Crippen LogP contribution in [0.25, 0.3) is 11.8 Å². The van der Waals surface area contributed by atoms with Crippen molar-refractivity contribution in [3.63, 3.8) is 0 Å². The van der Waals surface area contributed by atoms with E-state index in [4.69, 9.17) is 9.16 Å². The van der Waals surface area contributed by atoms with Gasteiger partial charge in [0.2, 0.25) is 0 Å². The number of amides is 1. The van der Waals surface area contributed by atoms with E-state index < -0.39 is 8.32 Å². The minimum atomic E-state index is -1.93. The van der Waals surface area contributed by atoms with Gasteiger partial charge in [-0.1, -0.05) is 57.2 Å². The maximum Gasteiger partial charge on any atom is 0.250 e. The van der Waals surface area contributed by atoms with Gasteiger partial charge in [-0.05, 0) is 80.1 Å². The van der Waals surface area contributed by atoms with Crippen molar-refractivity contribution in [1.29, 1.82) is 0 Å². The molecule has 212 valence electrons. The van der Waals surface area contributed by atoms with Gasteiger partial charge < -0.3 is 18.6 Å². The molecule has 2 saturated heterocycles. The second-order valence-electron chi connectivity index (χ2n) is 12.8. The SMILES string of the molecule is COc1cc(/C=C2/CC[C@@H]3CC(O[Si](C)(C)C(C)(C)C)CC(c4ccccc4)N3C2=O)ccc1-n1cnc(C)c1. The summed E-state index contributed by atoms with van der Waals surface area (Å²) in [5.41, 5.74) is 4.88. The molecule has 3 aromatic rings. The average molecular weight is 558 g/mol. The predicted molar refractivity (Wildman–Crippen MR) is 163 cm³/mol. The molecule has 2 aliphatic rings. The molecule has 5 rings (SSSR count). The number of carbonyl (C=O) groups is 1. The van der Waals surface area contributed by atoms with Crippen LogP contribution < -0.4 is 4.74 Å². The molecule has 0 radical (unpaired) electrons. The molecule has 0 aliphatic carbocycles. The first-order valence-corrected chi connectivity index (χ1v) is 17.3. The minimum absolute atomic E-state index is 0.00677. The van der Waals surface area contributed by atoms with Crippen LogP contribution in [0.2, 0.25) is 18.1 Å². The second-order valence-corrected chi connectivity index (χ2v) is 17.6. The third-order valence-electron chi connectivity index (χ3n) is 8.99. The lowest BCUT2D eigenvalue weighted by Gasteiger charge is -2.50. The van der Waals surface area contributed by atoms with Crippen LogP contribution >= 0.6 is 0 Å². The number of benzene rings is 2. The van der Waals surface area contributed by atoms with E-state index in [9.17, 15) is 4.79 Å². The summed E-state index contributed by atoms with van der Waals surface area (Å²) in [7, 11) is -0.253. The highest BCUT2D eigenvalue weighted by Crippen LogP contribution is 2.45. The predicted octanol–water partition coefficient (Wildman–Crippen LogP) is 7.49. The van der Waals surface area contributed by atoms with Crippen molar-refractivity contribution < 1.29 is 14.0 Å². The minimum Gasteiger partial charge on any atom is -0.495 e. The van der Waals surface area contributed by atoms with Crippen LogP contribution in [0.4, 0.5) is 0 Å². The molecule has 2 aliphatic heterocycles. The Bertz CT molecular complexity index is 1390. The number of fused-ring (bicyclic) bond motifs is 1. The van der Waals surface area contributed by atoms with Crippen LogP contribution in [0.1, 0.15) is 69.3 Å². The van der Waals surface area contributed by atoms with Crippen molar-refractivity contribution in [1.82, 2.24) is 14.5 Å². The first-order valence-electron chi connectivity index (χ1n) is 14.4. The summed E-state index contributed by atoms with van der Waals surface area (Å²) in [6.45, 7) is 13.5. The fourth-order valence-electron chi connectivity index (χ4n) is 5.84. The molecule has 3 heterocycles. The zero-order valence-corrected chi connectivity index (χ0v) is 26.0. The van der Waals surface area contributed by atoms with Gasteiger partial charge in [0.05, 0.1) is 30.9 Å². The number of aryl methyl sites for hydroxylation is 1. The van der Waals surface area contributed by atoms with Gasteiger partial charge >= 0.3 is 0 Å². The van der Waals surface area contributed by atoms with E-state index in [1.165, 1.54) is 5.56 Å². The molecule has 3 atom stereocenters. The first-order chi connectivity index (χ1) is 19.0. The van der Waals surface area contributed by atoms with Gasteiger partial charge in [0.25, 0.3) is 5.91 Å². The molecule has 0 bridgehead atoms. The van der Waals surface area contributed by atoms with E-state index in [0.29, 0.717) is 0 Å². The molecular formula is C33H43N3O3Si. The molecule has 6 nitrogen and oxygen atoms in total. The Kier molecular flexibility index (Phi) is 7.81. The Labute approximate surface area is 240 Å².